The van der Waals surface area contributed by atoms with Crippen LogP contribution in [0, 0.1) is 0 Å². The number of thiophene rings is 1. The summed E-state index contributed by atoms with van der Waals surface area (Å²) in [5.41, 5.74) is 7.04. The molecular formula is C17H15N5O2S. The number of esters is 1. The van der Waals surface area contributed by atoms with Crippen LogP contribution in [0.4, 0.5) is 5.82 Å². The average molecular weight is 353 g/mol. The van der Waals surface area contributed by atoms with Crippen molar-refractivity contribution in [1.29, 1.82) is 0 Å². The van der Waals surface area contributed by atoms with E-state index in [1.165, 1.54) is 17.7 Å². The van der Waals surface area contributed by atoms with Gasteiger partial charge in [0.15, 0.2) is 11.5 Å². The predicted molar refractivity (Wildman–Crippen MR) is 96.5 cm³/mol. The molecule has 3 aromatic heterocycles. The Kier molecular flexibility index (Phi) is 4.02. The molecule has 0 atom stereocenters. The highest BCUT2D eigenvalue weighted by Gasteiger charge is 2.12. The second kappa shape index (κ2) is 6.48. The number of rotatable bonds is 5. The minimum Gasteiger partial charge on any atom is -0.461 e. The number of imidazole rings is 1. The molecule has 1 aromatic carbocycles. The van der Waals surface area contributed by atoms with E-state index in [0.29, 0.717) is 41.4 Å². The number of carbonyl (C=O) groups is 1. The van der Waals surface area contributed by atoms with E-state index in [4.69, 9.17) is 10.5 Å². The van der Waals surface area contributed by atoms with Gasteiger partial charge in [-0.25, -0.2) is 19.7 Å². The molecule has 4 rings (SSSR count). The summed E-state index contributed by atoms with van der Waals surface area (Å²) in [6.45, 7) is 0.958. The molecule has 25 heavy (non-hydrogen) atoms. The van der Waals surface area contributed by atoms with Crippen LogP contribution < -0.4 is 5.73 Å². The average Bonchev–Trinajstić information content (AvgIpc) is 3.23. The number of nitrogen functional groups attached to an aromatic ring is 1. The molecule has 0 spiro atoms. The fourth-order valence-electron chi connectivity index (χ4n) is 2.62. The van der Waals surface area contributed by atoms with Gasteiger partial charge < -0.3 is 15.0 Å². The Bertz CT molecular complexity index is 1020. The van der Waals surface area contributed by atoms with Gasteiger partial charge in [0.25, 0.3) is 0 Å². The molecule has 0 unspecified atom stereocenters. The van der Waals surface area contributed by atoms with Crippen molar-refractivity contribution in [3.63, 3.8) is 0 Å². The Labute approximate surface area is 147 Å². The lowest BCUT2D eigenvalue weighted by Crippen LogP contribution is -2.07. The molecule has 0 amide bonds. The summed E-state index contributed by atoms with van der Waals surface area (Å²) in [4.78, 5) is 25.1. The molecule has 0 aliphatic carbocycles. The second-order valence-electron chi connectivity index (χ2n) is 5.51. The fourth-order valence-corrected chi connectivity index (χ4v) is 3.57. The van der Waals surface area contributed by atoms with Crippen LogP contribution in [0.15, 0.2) is 43.0 Å². The summed E-state index contributed by atoms with van der Waals surface area (Å²) >= 11 is 1.44. The van der Waals surface area contributed by atoms with Crippen molar-refractivity contribution in [2.45, 2.75) is 13.0 Å². The lowest BCUT2D eigenvalue weighted by Gasteiger charge is -2.05. The van der Waals surface area contributed by atoms with Crippen molar-refractivity contribution in [2.24, 2.45) is 0 Å². The van der Waals surface area contributed by atoms with Crippen molar-refractivity contribution < 1.29 is 9.53 Å². The number of aryl methyl sites for hydroxylation is 1. The second-order valence-corrected chi connectivity index (χ2v) is 6.59. The summed E-state index contributed by atoms with van der Waals surface area (Å²) < 4.78 is 8.33. The van der Waals surface area contributed by atoms with E-state index in [9.17, 15) is 4.79 Å². The largest absolute Gasteiger partial charge is 0.461 e. The topological polar surface area (TPSA) is 95.9 Å². The van der Waals surface area contributed by atoms with Crippen LogP contribution >= 0.6 is 11.3 Å². The molecule has 4 aromatic rings. The highest BCUT2D eigenvalue weighted by Crippen LogP contribution is 2.25. The van der Waals surface area contributed by atoms with Crippen molar-refractivity contribution in [3.05, 3.63) is 47.9 Å². The number of hydrogen-bond donors (Lipinski definition) is 1. The maximum atomic E-state index is 12.2. The van der Waals surface area contributed by atoms with Crippen molar-refractivity contribution in [1.82, 2.24) is 19.5 Å². The van der Waals surface area contributed by atoms with E-state index in [-0.39, 0.29) is 5.97 Å². The van der Waals surface area contributed by atoms with E-state index in [2.05, 4.69) is 15.0 Å². The number of carbonyl (C=O) groups excluding carboxylic acids is 1. The van der Waals surface area contributed by atoms with Crippen LogP contribution in [0.1, 0.15) is 16.1 Å². The van der Waals surface area contributed by atoms with Gasteiger partial charge in [0.05, 0.1) is 12.9 Å². The zero-order valence-corrected chi connectivity index (χ0v) is 14.1. The minimum absolute atomic E-state index is 0.289. The first-order valence-corrected chi connectivity index (χ1v) is 8.61. The third kappa shape index (κ3) is 3.03. The summed E-state index contributed by atoms with van der Waals surface area (Å²) in [6, 6.07) is 9.76. The quantitative estimate of drug-likeness (QED) is 0.438. The molecule has 0 saturated carbocycles. The molecular weight excluding hydrogens is 338 g/mol. The molecule has 0 aliphatic heterocycles. The number of hydrogen-bond acceptors (Lipinski definition) is 7. The third-order valence-corrected chi connectivity index (χ3v) is 4.93. The summed E-state index contributed by atoms with van der Waals surface area (Å²) in [5.74, 6) is 0.0724. The first kappa shape index (κ1) is 15.5. The van der Waals surface area contributed by atoms with Gasteiger partial charge >= 0.3 is 5.97 Å². The molecule has 2 N–H and O–H groups in total. The van der Waals surface area contributed by atoms with Crippen LogP contribution in [0.25, 0.3) is 21.3 Å². The van der Waals surface area contributed by atoms with Gasteiger partial charge in [-0.1, -0.05) is 18.2 Å². The summed E-state index contributed by atoms with van der Waals surface area (Å²) in [6.07, 6.45) is 3.74. The van der Waals surface area contributed by atoms with Crippen LogP contribution in [-0.2, 0) is 11.3 Å². The number of nitrogens with two attached hydrogens (primary N) is 1. The van der Waals surface area contributed by atoms with E-state index in [0.717, 1.165) is 10.1 Å². The number of aromatic nitrogens is 4. The number of ether oxygens (including phenoxy) is 1. The molecule has 0 saturated heterocycles. The molecule has 0 bridgehead atoms. The third-order valence-electron chi connectivity index (χ3n) is 3.83. The lowest BCUT2D eigenvalue weighted by atomic mass is 10.2. The van der Waals surface area contributed by atoms with E-state index in [1.807, 2.05) is 34.9 Å². The molecule has 7 nitrogen and oxygen atoms in total. The van der Waals surface area contributed by atoms with Gasteiger partial charge in [-0.2, -0.15) is 0 Å². The van der Waals surface area contributed by atoms with E-state index >= 15 is 0 Å². The Balaban J connectivity index is 1.35. The number of anilines is 1. The smallest absolute Gasteiger partial charge is 0.348 e. The Hall–Kier alpha value is -3.00. The Morgan fingerprint density at radius 2 is 2.12 bits per heavy atom. The fraction of sp³-hybridized carbons (Fsp3) is 0.176. The molecule has 3 heterocycles. The molecule has 0 aliphatic rings. The molecule has 0 radical (unpaired) electrons. The first-order chi connectivity index (χ1) is 12.2. The maximum absolute atomic E-state index is 12.2. The number of benzene rings is 1. The van der Waals surface area contributed by atoms with Gasteiger partial charge in [0.2, 0.25) is 0 Å². The lowest BCUT2D eigenvalue weighted by molar-refractivity contribution is 0.0502. The SMILES string of the molecule is Nc1ncnc2c1ncn2CCCOC(=O)c1cc2ccccc2s1. The Morgan fingerprint density at radius 1 is 1.24 bits per heavy atom. The first-order valence-electron chi connectivity index (χ1n) is 7.79. The molecule has 8 heteroatoms. The number of nitrogens with zero attached hydrogens (tertiary/aromatic N) is 4. The Morgan fingerprint density at radius 3 is 3.00 bits per heavy atom. The highest BCUT2D eigenvalue weighted by atomic mass is 32.1. The molecule has 126 valence electrons. The van der Waals surface area contributed by atoms with Crippen LogP contribution in [0.5, 0.6) is 0 Å². The zero-order chi connectivity index (χ0) is 17.2. The van der Waals surface area contributed by atoms with Gasteiger partial charge in [0, 0.05) is 11.2 Å². The standard InChI is InChI=1S/C17H15N5O2S/c18-15-14-16(20-9-19-15)22(10-21-14)6-3-7-24-17(23)13-8-11-4-1-2-5-12(11)25-13/h1-2,4-5,8-10H,3,6-7H2,(H2,18,19,20). The normalized spacial score (nSPS) is 11.2. The van der Waals surface area contributed by atoms with Crippen molar-refractivity contribution in [3.8, 4) is 0 Å². The van der Waals surface area contributed by atoms with Gasteiger partial charge in [-0.3, -0.25) is 0 Å². The highest BCUT2D eigenvalue weighted by molar-refractivity contribution is 7.20. The van der Waals surface area contributed by atoms with Crippen LogP contribution in [0.2, 0.25) is 0 Å². The van der Waals surface area contributed by atoms with Gasteiger partial charge in [-0.05, 0) is 23.9 Å². The van der Waals surface area contributed by atoms with Gasteiger partial charge in [-0.15, -0.1) is 11.3 Å². The van der Waals surface area contributed by atoms with Gasteiger partial charge in [0.1, 0.15) is 16.7 Å². The number of fused-ring (bicyclic) bond motifs is 2. The predicted octanol–water partition coefficient (Wildman–Crippen LogP) is 2.87. The molecule has 0 fully saturated rings. The van der Waals surface area contributed by atoms with E-state index in [1.54, 1.807) is 6.33 Å². The summed E-state index contributed by atoms with van der Waals surface area (Å²) in [5, 5.41) is 1.06. The monoisotopic (exact) mass is 353 g/mol. The maximum Gasteiger partial charge on any atom is 0.348 e. The van der Waals surface area contributed by atoms with Crippen molar-refractivity contribution in [2.75, 3.05) is 12.3 Å². The summed E-state index contributed by atoms with van der Waals surface area (Å²) in [7, 11) is 0. The minimum atomic E-state index is -0.289. The van der Waals surface area contributed by atoms with Crippen molar-refractivity contribution >= 4 is 44.4 Å². The zero-order valence-electron chi connectivity index (χ0n) is 13.3. The van der Waals surface area contributed by atoms with E-state index < -0.39 is 0 Å². The van der Waals surface area contributed by atoms with Crippen LogP contribution in [0.3, 0.4) is 0 Å². The van der Waals surface area contributed by atoms with Crippen LogP contribution in [-0.4, -0.2) is 32.1 Å².